The van der Waals surface area contributed by atoms with E-state index in [1.807, 2.05) is 25.1 Å². The number of methoxy groups -OCH3 is 2. The lowest BCUT2D eigenvalue weighted by atomic mass is 10.2. The summed E-state index contributed by atoms with van der Waals surface area (Å²) < 4.78 is 11.6. The van der Waals surface area contributed by atoms with Gasteiger partial charge in [0.2, 0.25) is 11.8 Å². The minimum Gasteiger partial charge on any atom is -0.481 e. The van der Waals surface area contributed by atoms with E-state index in [-0.39, 0.29) is 0 Å². The Kier molecular flexibility index (Phi) is 4.79. The van der Waals surface area contributed by atoms with Crippen LogP contribution in [-0.2, 0) is 6.54 Å². The van der Waals surface area contributed by atoms with E-state index in [1.165, 1.54) is 6.33 Å². The van der Waals surface area contributed by atoms with Crippen LogP contribution in [0.15, 0.2) is 29.0 Å². The molecule has 0 radical (unpaired) electrons. The maximum Gasteiger partial charge on any atom is 0.225 e. The fraction of sp³-hybridized carbons (Fsp3) is 0.286. The number of nitrogens with zero attached hydrogens (tertiary/aromatic N) is 2. The first kappa shape index (κ1) is 14.6. The van der Waals surface area contributed by atoms with Gasteiger partial charge in [-0.15, -0.1) is 0 Å². The van der Waals surface area contributed by atoms with E-state index in [4.69, 9.17) is 9.47 Å². The lowest BCUT2D eigenvalue weighted by Crippen LogP contribution is -2.07. The van der Waals surface area contributed by atoms with Crippen LogP contribution in [0.3, 0.4) is 0 Å². The number of nitrogens with one attached hydrogen (secondary N) is 1. The van der Waals surface area contributed by atoms with Crippen molar-refractivity contribution in [1.82, 2.24) is 9.97 Å². The molecule has 0 unspecified atom stereocenters. The van der Waals surface area contributed by atoms with Crippen LogP contribution in [0, 0.1) is 6.92 Å². The molecule has 0 aliphatic rings. The second-order valence-electron chi connectivity index (χ2n) is 4.14. The van der Waals surface area contributed by atoms with Crippen LogP contribution in [-0.4, -0.2) is 24.2 Å². The Morgan fingerprint density at radius 1 is 1.15 bits per heavy atom. The Bertz CT molecular complexity index is 583. The average Bonchev–Trinajstić information content (AvgIpc) is 2.48. The molecule has 0 atom stereocenters. The zero-order valence-corrected chi connectivity index (χ0v) is 13.2. The van der Waals surface area contributed by atoms with Gasteiger partial charge >= 0.3 is 0 Å². The van der Waals surface area contributed by atoms with Crippen LogP contribution in [0.25, 0.3) is 0 Å². The second kappa shape index (κ2) is 6.56. The number of anilines is 1. The third-order valence-electron chi connectivity index (χ3n) is 2.98. The van der Waals surface area contributed by atoms with Gasteiger partial charge < -0.3 is 14.8 Å². The van der Waals surface area contributed by atoms with E-state index in [9.17, 15) is 0 Å². The van der Waals surface area contributed by atoms with Gasteiger partial charge in [0, 0.05) is 10.2 Å². The topological polar surface area (TPSA) is 56.3 Å². The van der Waals surface area contributed by atoms with Crippen LogP contribution in [0.5, 0.6) is 11.8 Å². The number of hydrogen-bond donors (Lipinski definition) is 1. The Morgan fingerprint density at radius 3 is 2.40 bits per heavy atom. The predicted molar refractivity (Wildman–Crippen MR) is 81.3 cm³/mol. The number of halogens is 1. The van der Waals surface area contributed by atoms with Crippen LogP contribution < -0.4 is 14.8 Å². The number of rotatable bonds is 5. The monoisotopic (exact) mass is 337 g/mol. The van der Waals surface area contributed by atoms with Crippen molar-refractivity contribution in [2.24, 2.45) is 0 Å². The number of benzene rings is 1. The molecule has 0 saturated heterocycles. The normalized spacial score (nSPS) is 10.2. The molecule has 6 heteroatoms. The maximum atomic E-state index is 5.25. The van der Waals surface area contributed by atoms with Gasteiger partial charge in [0.05, 0.1) is 26.3 Å². The molecular weight excluding hydrogens is 322 g/mol. The van der Waals surface area contributed by atoms with Gasteiger partial charge in [0.25, 0.3) is 0 Å². The fourth-order valence-electron chi connectivity index (χ4n) is 1.87. The summed E-state index contributed by atoms with van der Waals surface area (Å²) in [4.78, 5) is 8.19. The highest BCUT2D eigenvalue weighted by Crippen LogP contribution is 2.27. The van der Waals surface area contributed by atoms with Crippen molar-refractivity contribution < 1.29 is 9.47 Å². The number of ether oxygens (including phenoxy) is 2. The first-order chi connectivity index (χ1) is 9.67. The van der Waals surface area contributed by atoms with Crippen LogP contribution in [0.1, 0.15) is 11.1 Å². The van der Waals surface area contributed by atoms with Gasteiger partial charge in [-0.05, 0) is 24.6 Å². The molecule has 0 aliphatic carbocycles. The molecule has 0 bridgehead atoms. The first-order valence-electron chi connectivity index (χ1n) is 6.08. The highest BCUT2D eigenvalue weighted by atomic mass is 79.9. The molecule has 0 amide bonds. The number of hydrogen-bond acceptors (Lipinski definition) is 5. The second-order valence-corrected chi connectivity index (χ2v) is 4.99. The van der Waals surface area contributed by atoms with Crippen molar-refractivity contribution in [2.45, 2.75) is 13.5 Å². The molecule has 0 saturated carbocycles. The first-order valence-corrected chi connectivity index (χ1v) is 6.87. The molecule has 2 aromatic rings. The molecule has 2 rings (SSSR count). The highest BCUT2D eigenvalue weighted by molar-refractivity contribution is 9.10. The third kappa shape index (κ3) is 3.01. The summed E-state index contributed by atoms with van der Waals surface area (Å²) in [5, 5.41) is 3.35. The lowest BCUT2D eigenvalue weighted by Gasteiger charge is -2.14. The van der Waals surface area contributed by atoms with Gasteiger partial charge in [0.1, 0.15) is 6.33 Å². The Labute approximate surface area is 126 Å². The average molecular weight is 338 g/mol. The molecule has 1 heterocycles. The molecule has 1 aromatic carbocycles. The standard InChI is InChI=1S/C14H16BrN3O2/c1-9-11(15)5-4-6-12(9)16-7-10-13(19-2)17-8-18-14(10)20-3/h4-6,8,16H,7H2,1-3H3. The Hall–Kier alpha value is -1.82. The van der Waals surface area contributed by atoms with Gasteiger partial charge in [-0.3, -0.25) is 0 Å². The van der Waals surface area contributed by atoms with E-state index in [0.717, 1.165) is 21.3 Å². The Balaban J connectivity index is 2.24. The van der Waals surface area contributed by atoms with Crippen molar-refractivity contribution in [2.75, 3.05) is 19.5 Å². The van der Waals surface area contributed by atoms with Crippen molar-refractivity contribution in [3.63, 3.8) is 0 Å². The smallest absolute Gasteiger partial charge is 0.225 e. The van der Waals surface area contributed by atoms with Crippen molar-refractivity contribution in [3.8, 4) is 11.8 Å². The van der Waals surface area contributed by atoms with Gasteiger partial charge in [-0.1, -0.05) is 22.0 Å². The van der Waals surface area contributed by atoms with Crippen molar-refractivity contribution >= 4 is 21.6 Å². The molecule has 0 spiro atoms. The third-order valence-corrected chi connectivity index (χ3v) is 3.84. The summed E-state index contributed by atoms with van der Waals surface area (Å²) in [6, 6.07) is 6.01. The highest BCUT2D eigenvalue weighted by Gasteiger charge is 2.13. The zero-order valence-electron chi connectivity index (χ0n) is 11.6. The van der Waals surface area contributed by atoms with E-state index in [2.05, 4.69) is 31.2 Å². The summed E-state index contributed by atoms with van der Waals surface area (Å²) in [7, 11) is 3.16. The molecular formula is C14H16BrN3O2. The molecule has 0 aliphatic heterocycles. The molecule has 1 aromatic heterocycles. The summed E-state index contributed by atoms with van der Waals surface area (Å²) in [5.41, 5.74) is 2.96. The summed E-state index contributed by atoms with van der Waals surface area (Å²) in [6.45, 7) is 2.56. The predicted octanol–water partition coefficient (Wildman–Crippen LogP) is 3.18. The lowest BCUT2D eigenvalue weighted by molar-refractivity contribution is 0.363. The molecule has 20 heavy (non-hydrogen) atoms. The van der Waals surface area contributed by atoms with Crippen molar-refractivity contribution in [1.29, 1.82) is 0 Å². The molecule has 0 fully saturated rings. The zero-order chi connectivity index (χ0) is 14.5. The largest absolute Gasteiger partial charge is 0.481 e. The Morgan fingerprint density at radius 2 is 1.80 bits per heavy atom. The van der Waals surface area contributed by atoms with Crippen LogP contribution >= 0.6 is 15.9 Å². The fourth-order valence-corrected chi connectivity index (χ4v) is 2.23. The summed E-state index contributed by atoms with van der Waals surface area (Å²) in [5.74, 6) is 1.02. The van der Waals surface area contributed by atoms with Gasteiger partial charge in [0.15, 0.2) is 0 Å². The summed E-state index contributed by atoms with van der Waals surface area (Å²) >= 11 is 3.51. The van der Waals surface area contributed by atoms with Crippen LogP contribution in [0.4, 0.5) is 5.69 Å². The number of aromatic nitrogens is 2. The maximum absolute atomic E-state index is 5.25. The minimum atomic E-state index is 0.511. The molecule has 1 N–H and O–H groups in total. The van der Waals surface area contributed by atoms with E-state index < -0.39 is 0 Å². The van der Waals surface area contributed by atoms with E-state index >= 15 is 0 Å². The van der Waals surface area contributed by atoms with Gasteiger partial charge in [-0.2, -0.15) is 0 Å². The van der Waals surface area contributed by atoms with E-state index in [1.54, 1.807) is 14.2 Å². The molecule has 5 nitrogen and oxygen atoms in total. The minimum absolute atomic E-state index is 0.511. The van der Waals surface area contributed by atoms with E-state index in [0.29, 0.717) is 18.3 Å². The quantitative estimate of drug-likeness (QED) is 0.907. The molecule has 106 valence electrons. The van der Waals surface area contributed by atoms with Crippen molar-refractivity contribution in [3.05, 3.63) is 40.1 Å². The van der Waals surface area contributed by atoms with Gasteiger partial charge in [-0.25, -0.2) is 9.97 Å². The SMILES string of the molecule is COc1ncnc(OC)c1CNc1cccc(Br)c1C. The van der Waals surface area contributed by atoms with Crippen LogP contribution in [0.2, 0.25) is 0 Å². The summed E-state index contributed by atoms with van der Waals surface area (Å²) in [6.07, 6.45) is 1.42.